The Labute approximate surface area is 224 Å². The van der Waals surface area contributed by atoms with Crippen LogP contribution in [0.4, 0.5) is 18.9 Å². The van der Waals surface area contributed by atoms with E-state index < -0.39 is 36.0 Å². The predicted octanol–water partition coefficient (Wildman–Crippen LogP) is 2.11. The SMILES string of the molecule is O=C(O)C(=O)O.O=c1[nH]cc(-c2ccco2)c(=O)n1CCCN1CCN(c2ccccc2OCC(F)(F)F)CC1. The largest absolute Gasteiger partial charge is 0.482 e. The minimum atomic E-state index is -4.40. The van der Waals surface area contributed by atoms with E-state index in [1.807, 2.05) is 4.90 Å². The number of piperazine rings is 1. The number of carboxylic acid groups (broad SMARTS) is 2. The summed E-state index contributed by atoms with van der Waals surface area (Å²) >= 11 is 0. The van der Waals surface area contributed by atoms with Gasteiger partial charge < -0.3 is 29.3 Å². The van der Waals surface area contributed by atoms with E-state index in [-0.39, 0.29) is 12.3 Å². The summed E-state index contributed by atoms with van der Waals surface area (Å²) in [6, 6.07) is 10.0. The number of benzene rings is 1. The van der Waals surface area contributed by atoms with Crippen LogP contribution < -0.4 is 20.9 Å². The average molecular weight is 569 g/mol. The molecule has 15 heteroatoms. The fourth-order valence-corrected chi connectivity index (χ4v) is 3.99. The number of ether oxygens (including phenoxy) is 1. The van der Waals surface area contributed by atoms with Gasteiger partial charge in [0.15, 0.2) is 6.61 Å². The van der Waals surface area contributed by atoms with Crippen LogP contribution in [0.1, 0.15) is 6.42 Å². The molecule has 0 atom stereocenters. The summed E-state index contributed by atoms with van der Waals surface area (Å²) in [4.78, 5) is 49.8. The van der Waals surface area contributed by atoms with E-state index in [0.29, 0.717) is 56.2 Å². The molecule has 3 N–H and O–H groups in total. The number of nitrogens with one attached hydrogen (secondary N) is 1. The molecule has 1 aliphatic rings. The second kappa shape index (κ2) is 13.5. The van der Waals surface area contributed by atoms with Crippen molar-refractivity contribution in [2.24, 2.45) is 0 Å². The van der Waals surface area contributed by atoms with Gasteiger partial charge in [0, 0.05) is 38.9 Å². The van der Waals surface area contributed by atoms with Crippen molar-refractivity contribution in [3.05, 3.63) is 69.7 Å². The number of aliphatic carboxylic acids is 2. The fourth-order valence-electron chi connectivity index (χ4n) is 3.99. The number of hydrogen-bond acceptors (Lipinski definition) is 8. The number of carbonyl (C=O) groups is 2. The molecule has 1 aliphatic heterocycles. The molecule has 0 amide bonds. The zero-order valence-electron chi connectivity index (χ0n) is 21.1. The molecule has 0 aliphatic carbocycles. The second-order valence-electron chi connectivity index (χ2n) is 8.61. The van der Waals surface area contributed by atoms with Crippen LogP contribution in [-0.2, 0) is 16.1 Å². The van der Waals surface area contributed by atoms with Crippen LogP contribution >= 0.6 is 0 Å². The molecule has 1 aromatic carbocycles. The van der Waals surface area contributed by atoms with Gasteiger partial charge in [0.1, 0.15) is 11.5 Å². The first kappa shape index (κ1) is 30.0. The summed E-state index contributed by atoms with van der Waals surface area (Å²) in [6.07, 6.45) is -0.983. The van der Waals surface area contributed by atoms with Crippen LogP contribution in [0.15, 0.2) is 62.9 Å². The normalized spacial score (nSPS) is 13.8. The van der Waals surface area contributed by atoms with Crippen molar-refractivity contribution >= 4 is 17.6 Å². The minimum Gasteiger partial charge on any atom is -0.482 e. The highest BCUT2D eigenvalue weighted by Gasteiger charge is 2.29. The molecule has 1 saturated heterocycles. The summed E-state index contributed by atoms with van der Waals surface area (Å²) < 4.78 is 49.1. The van der Waals surface area contributed by atoms with Gasteiger partial charge in [-0.2, -0.15) is 13.2 Å². The van der Waals surface area contributed by atoms with Crippen molar-refractivity contribution in [1.82, 2.24) is 14.5 Å². The van der Waals surface area contributed by atoms with E-state index in [1.165, 1.54) is 17.0 Å². The van der Waals surface area contributed by atoms with Gasteiger partial charge in [0.25, 0.3) is 5.56 Å². The molecule has 4 rings (SSSR count). The summed E-state index contributed by atoms with van der Waals surface area (Å²) in [5, 5.41) is 14.8. The van der Waals surface area contributed by atoms with Gasteiger partial charge in [-0.05, 0) is 37.2 Å². The Kier molecular flexibility index (Phi) is 10.1. The number of anilines is 1. The van der Waals surface area contributed by atoms with Crippen molar-refractivity contribution < 1.29 is 42.1 Å². The number of halogens is 3. The number of furan rings is 1. The molecular formula is C25H27F3N4O8. The Bertz CT molecular complexity index is 1380. The Morgan fingerprint density at radius 1 is 0.975 bits per heavy atom. The van der Waals surface area contributed by atoms with Crippen LogP contribution in [-0.4, -0.2) is 82.1 Å². The molecule has 0 spiro atoms. The van der Waals surface area contributed by atoms with E-state index in [9.17, 15) is 22.8 Å². The van der Waals surface area contributed by atoms with E-state index in [0.717, 1.165) is 0 Å². The average Bonchev–Trinajstić information content (AvgIpc) is 3.45. The summed E-state index contributed by atoms with van der Waals surface area (Å²) in [5.41, 5.74) is 0.0587. The lowest BCUT2D eigenvalue weighted by molar-refractivity contribution is -0.159. The maximum atomic E-state index is 12.7. The fraction of sp³-hybridized carbons (Fsp3) is 0.360. The van der Waals surface area contributed by atoms with Gasteiger partial charge in [-0.3, -0.25) is 14.3 Å². The molecule has 40 heavy (non-hydrogen) atoms. The Morgan fingerprint density at radius 2 is 1.65 bits per heavy atom. The van der Waals surface area contributed by atoms with Crippen molar-refractivity contribution in [1.29, 1.82) is 0 Å². The number of hydrogen-bond donors (Lipinski definition) is 3. The van der Waals surface area contributed by atoms with Gasteiger partial charge in [-0.1, -0.05) is 12.1 Å². The molecule has 1 fully saturated rings. The van der Waals surface area contributed by atoms with Gasteiger partial charge in [-0.15, -0.1) is 0 Å². The first-order chi connectivity index (χ1) is 19.0. The van der Waals surface area contributed by atoms with E-state index >= 15 is 0 Å². The van der Waals surface area contributed by atoms with Crippen molar-refractivity contribution in [2.75, 3.05) is 44.2 Å². The Morgan fingerprint density at radius 3 is 2.25 bits per heavy atom. The standard InChI is InChI=1S/C23H25F3N4O4.C2H2O4/c24-23(25,26)16-34-20-6-2-1-5-18(20)29-12-10-28(11-13-29)8-4-9-30-21(31)17(15-27-22(30)32)19-7-3-14-33-19;3-1(4)2(5)6/h1-3,5-7,14-15H,4,8-13,16H2,(H,27,32);(H,3,4)(H,5,6). The molecule has 0 saturated carbocycles. The van der Waals surface area contributed by atoms with Gasteiger partial charge in [0.05, 0.1) is 17.5 Å². The van der Waals surface area contributed by atoms with Crippen LogP contribution in [0.25, 0.3) is 11.3 Å². The van der Waals surface area contributed by atoms with E-state index in [2.05, 4.69) is 9.88 Å². The lowest BCUT2D eigenvalue weighted by Crippen LogP contribution is -2.47. The van der Waals surface area contributed by atoms with Crippen LogP contribution in [0.3, 0.4) is 0 Å². The molecule has 3 aromatic rings. The third-order valence-electron chi connectivity index (χ3n) is 5.86. The van der Waals surface area contributed by atoms with Gasteiger partial charge in [-0.25, -0.2) is 14.4 Å². The number of para-hydroxylation sites is 2. The minimum absolute atomic E-state index is 0.211. The number of nitrogens with zero attached hydrogens (tertiary/aromatic N) is 3. The highest BCUT2D eigenvalue weighted by atomic mass is 19.4. The van der Waals surface area contributed by atoms with Crippen LogP contribution in [0, 0.1) is 0 Å². The zero-order chi connectivity index (χ0) is 29.3. The molecule has 2 aromatic heterocycles. The summed E-state index contributed by atoms with van der Waals surface area (Å²) in [7, 11) is 0. The predicted molar refractivity (Wildman–Crippen MR) is 136 cm³/mol. The number of carboxylic acids is 2. The van der Waals surface area contributed by atoms with Gasteiger partial charge >= 0.3 is 23.8 Å². The number of H-pyrrole nitrogens is 1. The first-order valence-electron chi connectivity index (χ1n) is 12.0. The lowest BCUT2D eigenvalue weighted by Gasteiger charge is -2.36. The van der Waals surface area contributed by atoms with Crippen molar-refractivity contribution in [2.45, 2.75) is 19.1 Å². The van der Waals surface area contributed by atoms with Gasteiger partial charge in [0.2, 0.25) is 0 Å². The smallest absolute Gasteiger partial charge is 0.422 e. The van der Waals surface area contributed by atoms with Crippen molar-refractivity contribution in [3.63, 3.8) is 0 Å². The topological polar surface area (TPSA) is 158 Å². The number of alkyl halides is 3. The molecule has 216 valence electrons. The highest BCUT2D eigenvalue weighted by Crippen LogP contribution is 2.30. The maximum Gasteiger partial charge on any atom is 0.422 e. The first-order valence-corrected chi connectivity index (χ1v) is 12.0. The molecule has 12 nitrogen and oxygen atoms in total. The Hall–Kier alpha value is -4.53. The molecule has 0 radical (unpaired) electrons. The summed E-state index contributed by atoms with van der Waals surface area (Å²) in [6.45, 7) is 2.26. The maximum absolute atomic E-state index is 12.7. The van der Waals surface area contributed by atoms with E-state index in [4.69, 9.17) is 29.0 Å². The number of aromatic nitrogens is 2. The zero-order valence-corrected chi connectivity index (χ0v) is 21.1. The third-order valence-corrected chi connectivity index (χ3v) is 5.86. The highest BCUT2D eigenvalue weighted by molar-refractivity contribution is 6.27. The second-order valence-corrected chi connectivity index (χ2v) is 8.61. The summed E-state index contributed by atoms with van der Waals surface area (Å²) in [5.74, 6) is -3.04. The Balaban J connectivity index is 0.000000663. The monoisotopic (exact) mass is 568 g/mol. The molecule has 0 unspecified atom stereocenters. The quantitative estimate of drug-likeness (QED) is 0.344. The molecule has 0 bridgehead atoms. The number of aromatic amines is 1. The van der Waals surface area contributed by atoms with Crippen LogP contribution in [0.5, 0.6) is 5.75 Å². The third kappa shape index (κ3) is 8.49. The van der Waals surface area contributed by atoms with Crippen molar-refractivity contribution in [3.8, 4) is 17.1 Å². The molecular weight excluding hydrogens is 541 g/mol. The number of rotatable bonds is 8. The molecule has 3 heterocycles. The lowest BCUT2D eigenvalue weighted by atomic mass is 10.2. The van der Waals surface area contributed by atoms with E-state index in [1.54, 1.807) is 36.4 Å². The van der Waals surface area contributed by atoms with Crippen LogP contribution in [0.2, 0.25) is 0 Å².